The maximum atomic E-state index is 12.1. The average Bonchev–Trinajstić information content (AvgIpc) is 2.98. The number of ether oxygens (including phenoxy) is 1. The summed E-state index contributed by atoms with van der Waals surface area (Å²) in [6, 6.07) is 10.8. The van der Waals surface area contributed by atoms with Crippen LogP contribution in [-0.4, -0.2) is 25.0 Å². The van der Waals surface area contributed by atoms with E-state index < -0.39 is 5.91 Å². The van der Waals surface area contributed by atoms with Crippen LogP contribution in [0, 0.1) is 0 Å². The minimum atomic E-state index is -0.581. The molecule has 1 aromatic carbocycles. The molecule has 2 aromatic rings. The van der Waals surface area contributed by atoms with Crippen LogP contribution >= 0.6 is 11.3 Å². The van der Waals surface area contributed by atoms with E-state index in [0.717, 1.165) is 6.42 Å². The summed E-state index contributed by atoms with van der Waals surface area (Å²) in [4.78, 5) is 24.1. The SMILES string of the molecule is NC(=O)COc1ccccc1C(=O)NCCc1cccs1. The first-order valence-corrected chi connectivity index (χ1v) is 7.35. The van der Waals surface area contributed by atoms with Crippen molar-refractivity contribution in [2.24, 2.45) is 5.73 Å². The average molecular weight is 304 g/mol. The number of para-hydroxylation sites is 1. The molecule has 1 heterocycles. The van der Waals surface area contributed by atoms with Gasteiger partial charge in [0.25, 0.3) is 11.8 Å². The zero-order valence-corrected chi connectivity index (χ0v) is 12.2. The Kier molecular flexibility index (Phi) is 5.34. The summed E-state index contributed by atoms with van der Waals surface area (Å²) in [5.41, 5.74) is 5.43. The van der Waals surface area contributed by atoms with Crippen molar-refractivity contribution in [3.05, 3.63) is 52.2 Å². The predicted molar refractivity (Wildman–Crippen MR) is 81.5 cm³/mol. The second-order valence-corrected chi connectivity index (χ2v) is 5.37. The highest BCUT2D eigenvalue weighted by Gasteiger charge is 2.12. The third kappa shape index (κ3) is 4.61. The maximum Gasteiger partial charge on any atom is 0.255 e. The number of nitrogens with two attached hydrogens (primary N) is 1. The van der Waals surface area contributed by atoms with Gasteiger partial charge >= 0.3 is 0 Å². The predicted octanol–water partition coefficient (Wildman–Crippen LogP) is 1.58. The molecule has 110 valence electrons. The number of benzene rings is 1. The summed E-state index contributed by atoms with van der Waals surface area (Å²) >= 11 is 1.66. The Balaban J connectivity index is 1.93. The first kappa shape index (κ1) is 15.1. The van der Waals surface area contributed by atoms with Gasteiger partial charge in [-0.05, 0) is 30.0 Å². The number of hydrogen-bond acceptors (Lipinski definition) is 4. The molecule has 0 atom stereocenters. The zero-order chi connectivity index (χ0) is 15.1. The lowest BCUT2D eigenvalue weighted by Crippen LogP contribution is -2.27. The van der Waals surface area contributed by atoms with Crippen LogP contribution in [0.25, 0.3) is 0 Å². The topological polar surface area (TPSA) is 81.4 Å². The number of carbonyl (C=O) groups excluding carboxylic acids is 2. The Labute approximate surface area is 126 Å². The Hall–Kier alpha value is -2.34. The second kappa shape index (κ2) is 7.44. The number of carbonyl (C=O) groups is 2. The number of thiophene rings is 1. The van der Waals surface area contributed by atoms with E-state index in [0.29, 0.717) is 17.9 Å². The normalized spacial score (nSPS) is 10.1. The minimum absolute atomic E-state index is 0.230. The van der Waals surface area contributed by atoms with Crippen molar-refractivity contribution in [2.45, 2.75) is 6.42 Å². The summed E-state index contributed by atoms with van der Waals surface area (Å²) in [6.07, 6.45) is 0.785. The molecule has 0 spiro atoms. The molecular weight excluding hydrogens is 288 g/mol. The fraction of sp³-hybridized carbons (Fsp3) is 0.200. The zero-order valence-electron chi connectivity index (χ0n) is 11.4. The van der Waals surface area contributed by atoms with Gasteiger partial charge in [-0.25, -0.2) is 0 Å². The number of amides is 2. The molecule has 0 saturated carbocycles. The molecule has 0 unspecified atom stereocenters. The molecule has 0 saturated heterocycles. The van der Waals surface area contributed by atoms with E-state index in [1.54, 1.807) is 35.6 Å². The van der Waals surface area contributed by atoms with Gasteiger partial charge in [0.1, 0.15) is 5.75 Å². The van der Waals surface area contributed by atoms with Crippen LogP contribution in [0.5, 0.6) is 5.75 Å². The Morgan fingerprint density at radius 1 is 1.19 bits per heavy atom. The van der Waals surface area contributed by atoms with Gasteiger partial charge in [-0.2, -0.15) is 0 Å². The fourth-order valence-electron chi connectivity index (χ4n) is 1.78. The molecule has 2 rings (SSSR count). The molecule has 0 fully saturated rings. The minimum Gasteiger partial charge on any atom is -0.483 e. The largest absolute Gasteiger partial charge is 0.483 e. The summed E-state index contributed by atoms with van der Waals surface area (Å²) < 4.78 is 5.24. The monoisotopic (exact) mass is 304 g/mol. The number of rotatable bonds is 7. The number of hydrogen-bond donors (Lipinski definition) is 2. The van der Waals surface area contributed by atoms with Gasteiger partial charge in [-0.15, -0.1) is 11.3 Å². The second-order valence-electron chi connectivity index (χ2n) is 4.34. The summed E-state index contributed by atoms with van der Waals surface area (Å²) in [5.74, 6) is -0.459. The van der Waals surface area contributed by atoms with Crippen LogP contribution in [0.4, 0.5) is 0 Å². The van der Waals surface area contributed by atoms with E-state index in [2.05, 4.69) is 5.32 Å². The van der Waals surface area contributed by atoms with E-state index in [1.165, 1.54) is 4.88 Å². The molecule has 1 aromatic heterocycles. The molecule has 0 aliphatic heterocycles. The van der Waals surface area contributed by atoms with Crippen molar-refractivity contribution in [3.63, 3.8) is 0 Å². The van der Waals surface area contributed by atoms with Crippen molar-refractivity contribution >= 4 is 23.2 Å². The highest BCUT2D eigenvalue weighted by atomic mass is 32.1. The maximum absolute atomic E-state index is 12.1. The molecule has 0 aliphatic rings. The molecule has 0 aliphatic carbocycles. The summed E-state index contributed by atoms with van der Waals surface area (Å²) in [6.45, 7) is 0.295. The van der Waals surface area contributed by atoms with Crippen LogP contribution in [0.3, 0.4) is 0 Å². The van der Waals surface area contributed by atoms with Crippen molar-refractivity contribution in [1.82, 2.24) is 5.32 Å². The van der Waals surface area contributed by atoms with Crippen molar-refractivity contribution in [3.8, 4) is 5.75 Å². The Morgan fingerprint density at radius 2 is 2.00 bits per heavy atom. The van der Waals surface area contributed by atoms with Gasteiger partial charge < -0.3 is 15.8 Å². The van der Waals surface area contributed by atoms with E-state index in [-0.39, 0.29) is 12.5 Å². The number of nitrogens with one attached hydrogen (secondary N) is 1. The fourth-order valence-corrected chi connectivity index (χ4v) is 2.49. The van der Waals surface area contributed by atoms with E-state index in [9.17, 15) is 9.59 Å². The first-order valence-electron chi connectivity index (χ1n) is 6.47. The Morgan fingerprint density at radius 3 is 2.71 bits per heavy atom. The summed E-state index contributed by atoms with van der Waals surface area (Å²) in [7, 11) is 0. The van der Waals surface area contributed by atoms with Crippen LogP contribution in [0.1, 0.15) is 15.2 Å². The Bertz CT molecular complexity index is 611. The molecule has 0 bridgehead atoms. The van der Waals surface area contributed by atoms with Crippen LogP contribution < -0.4 is 15.8 Å². The molecule has 2 amide bonds. The van der Waals surface area contributed by atoms with Crippen LogP contribution in [0.15, 0.2) is 41.8 Å². The van der Waals surface area contributed by atoms with Gasteiger partial charge in [0.05, 0.1) is 5.56 Å². The molecule has 5 nitrogen and oxygen atoms in total. The lowest BCUT2D eigenvalue weighted by Gasteiger charge is -2.10. The van der Waals surface area contributed by atoms with Gasteiger partial charge in [-0.3, -0.25) is 9.59 Å². The van der Waals surface area contributed by atoms with E-state index in [1.807, 2.05) is 17.5 Å². The third-order valence-electron chi connectivity index (χ3n) is 2.74. The van der Waals surface area contributed by atoms with Gasteiger partial charge in [0.15, 0.2) is 6.61 Å². The van der Waals surface area contributed by atoms with E-state index >= 15 is 0 Å². The quantitative estimate of drug-likeness (QED) is 0.815. The number of primary amides is 1. The van der Waals surface area contributed by atoms with E-state index in [4.69, 9.17) is 10.5 Å². The molecule has 6 heteroatoms. The highest BCUT2D eigenvalue weighted by molar-refractivity contribution is 7.09. The van der Waals surface area contributed by atoms with Crippen molar-refractivity contribution in [1.29, 1.82) is 0 Å². The smallest absolute Gasteiger partial charge is 0.255 e. The molecule has 21 heavy (non-hydrogen) atoms. The molecule has 3 N–H and O–H groups in total. The molecular formula is C15H16N2O3S. The van der Waals surface area contributed by atoms with Gasteiger partial charge in [0.2, 0.25) is 0 Å². The third-order valence-corrected chi connectivity index (χ3v) is 3.67. The lowest BCUT2D eigenvalue weighted by molar-refractivity contribution is -0.119. The lowest BCUT2D eigenvalue weighted by atomic mass is 10.2. The van der Waals surface area contributed by atoms with Gasteiger partial charge in [0, 0.05) is 11.4 Å². The van der Waals surface area contributed by atoms with Crippen molar-refractivity contribution in [2.75, 3.05) is 13.2 Å². The van der Waals surface area contributed by atoms with Crippen LogP contribution in [-0.2, 0) is 11.2 Å². The first-order chi connectivity index (χ1) is 10.2. The van der Waals surface area contributed by atoms with Crippen molar-refractivity contribution < 1.29 is 14.3 Å². The van der Waals surface area contributed by atoms with Gasteiger partial charge in [-0.1, -0.05) is 18.2 Å². The summed E-state index contributed by atoms with van der Waals surface area (Å²) in [5, 5.41) is 4.84. The van der Waals surface area contributed by atoms with Crippen LogP contribution in [0.2, 0.25) is 0 Å². The standard InChI is InChI=1S/C15H16N2O3S/c16-14(18)10-20-13-6-2-1-5-12(13)15(19)17-8-7-11-4-3-9-21-11/h1-6,9H,7-8,10H2,(H2,16,18)(H,17,19). The highest BCUT2D eigenvalue weighted by Crippen LogP contribution is 2.17. The molecule has 0 radical (unpaired) electrons.